The maximum Gasteiger partial charge on any atom is 0.244 e. The standard InChI is InChI=1S/C19H22N2O4S/c1-13-4-6-15(7-5-13)18-19(22)20-10-11-21(18)26(23,24)16-8-9-17(25-3)14(2)12-16/h4-9,12,18H,10-11H2,1-3H3,(H,20,22). The summed E-state index contributed by atoms with van der Waals surface area (Å²) >= 11 is 0. The number of methoxy groups -OCH3 is 1. The van der Waals surface area contributed by atoms with Crippen LogP contribution in [0.4, 0.5) is 0 Å². The van der Waals surface area contributed by atoms with Gasteiger partial charge in [0.05, 0.1) is 12.0 Å². The Morgan fingerprint density at radius 1 is 1.12 bits per heavy atom. The number of carbonyl (C=O) groups excluding carboxylic acids is 1. The monoisotopic (exact) mass is 374 g/mol. The minimum Gasteiger partial charge on any atom is -0.496 e. The molecular formula is C19H22N2O4S. The summed E-state index contributed by atoms with van der Waals surface area (Å²) in [5, 5.41) is 2.76. The van der Waals surface area contributed by atoms with Crippen molar-refractivity contribution in [1.82, 2.24) is 9.62 Å². The van der Waals surface area contributed by atoms with E-state index in [2.05, 4.69) is 5.32 Å². The smallest absolute Gasteiger partial charge is 0.244 e. The van der Waals surface area contributed by atoms with E-state index in [0.29, 0.717) is 11.3 Å². The number of hydrogen-bond acceptors (Lipinski definition) is 4. The molecule has 2 aromatic carbocycles. The van der Waals surface area contributed by atoms with Crippen molar-refractivity contribution in [3.8, 4) is 5.75 Å². The molecule has 1 aliphatic rings. The lowest BCUT2D eigenvalue weighted by molar-refractivity contribution is -0.126. The van der Waals surface area contributed by atoms with Crippen molar-refractivity contribution in [2.45, 2.75) is 24.8 Å². The zero-order valence-corrected chi connectivity index (χ0v) is 15.8. The van der Waals surface area contributed by atoms with E-state index in [0.717, 1.165) is 11.1 Å². The molecule has 0 aromatic heterocycles. The maximum atomic E-state index is 13.2. The number of amides is 1. The van der Waals surface area contributed by atoms with Gasteiger partial charge in [0.15, 0.2) is 0 Å². The zero-order chi connectivity index (χ0) is 18.9. The second-order valence-electron chi connectivity index (χ2n) is 6.35. The van der Waals surface area contributed by atoms with E-state index in [4.69, 9.17) is 4.74 Å². The minimum absolute atomic E-state index is 0.155. The van der Waals surface area contributed by atoms with Crippen molar-refractivity contribution in [3.05, 3.63) is 59.2 Å². The molecule has 3 rings (SSSR count). The average Bonchev–Trinajstić information content (AvgIpc) is 2.62. The first-order chi connectivity index (χ1) is 12.3. The van der Waals surface area contributed by atoms with Gasteiger partial charge in [0, 0.05) is 13.1 Å². The van der Waals surface area contributed by atoms with Crippen molar-refractivity contribution in [1.29, 1.82) is 0 Å². The van der Waals surface area contributed by atoms with Gasteiger partial charge in [-0.15, -0.1) is 0 Å². The summed E-state index contributed by atoms with van der Waals surface area (Å²) < 4.78 is 33.0. The molecule has 6 nitrogen and oxygen atoms in total. The molecule has 0 spiro atoms. The molecule has 1 fully saturated rings. The molecule has 0 bridgehead atoms. The van der Waals surface area contributed by atoms with Crippen LogP contribution in [0.2, 0.25) is 0 Å². The highest BCUT2D eigenvalue weighted by molar-refractivity contribution is 7.89. The Kier molecular flexibility index (Phi) is 5.02. The van der Waals surface area contributed by atoms with Crippen molar-refractivity contribution in [3.63, 3.8) is 0 Å². The highest BCUT2D eigenvalue weighted by atomic mass is 32.2. The van der Waals surface area contributed by atoms with Crippen LogP contribution in [0, 0.1) is 13.8 Å². The second kappa shape index (κ2) is 7.09. The first kappa shape index (κ1) is 18.4. The summed E-state index contributed by atoms with van der Waals surface area (Å²) in [6.07, 6.45) is 0. The Morgan fingerprint density at radius 3 is 2.42 bits per heavy atom. The number of ether oxygens (including phenoxy) is 1. The lowest BCUT2D eigenvalue weighted by atomic mass is 10.0. The van der Waals surface area contributed by atoms with E-state index in [1.807, 2.05) is 19.1 Å². The van der Waals surface area contributed by atoms with E-state index in [9.17, 15) is 13.2 Å². The molecule has 1 amide bonds. The molecule has 26 heavy (non-hydrogen) atoms. The van der Waals surface area contributed by atoms with Crippen LogP contribution in [0.3, 0.4) is 0 Å². The lowest BCUT2D eigenvalue weighted by Gasteiger charge is -2.34. The topological polar surface area (TPSA) is 75.7 Å². The van der Waals surface area contributed by atoms with Crippen LogP contribution < -0.4 is 10.1 Å². The summed E-state index contributed by atoms with van der Waals surface area (Å²) in [7, 11) is -2.29. The van der Waals surface area contributed by atoms with Crippen molar-refractivity contribution in [2.75, 3.05) is 20.2 Å². The number of nitrogens with zero attached hydrogens (tertiary/aromatic N) is 1. The molecule has 1 atom stereocenters. The first-order valence-electron chi connectivity index (χ1n) is 8.35. The molecule has 1 heterocycles. The number of hydrogen-bond donors (Lipinski definition) is 1. The van der Waals surface area contributed by atoms with Crippen LogP contribution in [0.15, 0.2) is 47.4 Å². The largest absolute Gasteiger partial charge is 0.496 e. The fourth-order valence-electron chi connectivity index (χ4n) is 3.12. The molecule has 2 aromatic rings. The highest BCUT2D eigenvalue weighted by Gasteiger charge is 2.39. The van der Waals surface area contributed by atoms with Crippen LogP contribution in [0.5, 0.6) is 5.75 Å². The zero-order valence-electron chi connectivity index (χ0n) is 15.0. The van der Waals surface area contributed by atoms with Crippen molar-refractivity contribution in [2.24, 2.45) is 0 Å². The third-order valence-corrected chi connectivity index (χ3v) is 6.39. The lowest BCUT2D eigenvalue weighted by Crippen LogP contribution is -2.52. The van der Waals surface area contributed by atoms with Crippen LogP contribution in [-0.4, -0.2) is 38.8 Å². The quantitative estimate of drug-likeness (QED) is 0.890. The summed E-state index contributed by atoms with van der Waals surface area (Å²) in [6, 6.07) is 11.2. The third kappa shape index (κ3) is 3.32. The Balaban J connectivity index is 2.04. The average molecular weight is 374 g/mol. The summed E-state index contributed by atoms with van der Waals surface area (Å²) in [6.45, 7) is 4.24. The van der Waals surface area contributed by atoms with Crippen LogP contribution >= 0.6 is 0 Å². The van der Waals surface area contributed by atoms with Crippen molar-refractivity contribution >= 4 is 15.9 Å². The Labute approximate surface area is 153 Å². The molecule has 1 N–H and O–H groups in total. The number of piperazine rings is 1. The summed E-state index contributed by atoms with van der Waals surface area (Å²) in [5.74, 6) is 0.310. The van der Waals surface area contributed by atoms with E-state index >= 15 is 0 Å². The van der Waals surface area contributed by atoms with Crippen LogP contribution in [0.1, 0.15) is 22.7 Å². The number of aryl methyl sites for hydroxylation is 2. The molecule has 138 valence electrons. The van der Waals surface area contributed by atoms with Gasteiger partial charge < -0.3 is 10.1 Å². The van der Waals surface area contributed by atoms with Gasteiger partial charge >= 0.3 is 0 Å². The fourth-order valence-corrected chi connectivity index (χ4v) is 4.78. The molecule has 0 aliphatic carbocycles. The molecule has 7 heteroatoms. The van der Waals surface area contributed by atoms with Gasteiger partial charge in [-0.05, 0) is 43.2 Å². The first-order valence-corrected chi connectivity index (χ1v) is 9.79. The molecular weight excluding hydrogens is 352 g/mol. The number of nitrogens with one attached hydrogen (secondary N) is 1. The van der Waals surface area contributed by atoms with Crippen LogP contribution in [0.25, 0.3) is 0 Å². The van der Waals surface area contributed by atoms with Gasteiger partial charge in [0.2, 0.25) is 15.9 Å². The fraction of sp³-hybridized carbons (Fsp3) is 0.316. The van der Waals surface area contributed by atoms with E-state index < -0.39 is 16.1 Å². The molecule has 1 aliphatic heterocycles. The van der Waals surface area contributed by atoms with Gasteiger partial charge in [-0.1, -0.05) is 29.8 Å². The predicted octanol–water partition coefficient (Wildman–Crippen LogP) is 2.17. The number of carbonyl (C=O) groups is 1. The molecule has 1 saturated heterocycles. The SMILES string of the molecule is COc1ccc(S(=O)(=O)N2CCNC(=O)C2c2ccc(C)cc2)cc1C. The summed E-state index contributed by atoms with van der Waals surface area (Å²) in [5.41, 5.74) is 2.42. The minimum atomic E-state index is -3.83. The normalized spacial score (nSPS) is 18.4. The molecule has 1 unspecified atom stereocenters. The van der Waals surface area contributed by atoms with Gasteiger partial charge in [-0.2, -0.15) is 4.31 Å². The van der Waals surface area contributed by atoms with Gasteiger partial charge in [-0.25, -0.2) is 8.42 Å². The predicted molar refractivity (Wildman–Crippen MR) is 98.6 cm³/mol. The Hall–Kier alpha value is -2.38. The summed E-state index contributed by atoms with van der Waals surface area (Å²) in [4.78, 5) is 12.7. The number of rotatable bonds is 4. The van der Waals surface area contributed by atoms with E-state index in [-0.39, 0.29) is 23.9 Å². The highest BCUT2D eigenvalue weighted by Crippen LogP contribution is 2.31. The van der Waals surface area contributed by atoms with E-state index in [1.165, 1.54) is 10.4 Å². The van der Waals surface area contributed by atoms with Gasteiger partial charge in [-0.3, -0.25) is 4.79 Å². The second-order valence-corrected chi connectivity index (χ2v) is 8.24. The van der Waals surface area contributed by atoms with Crippen molar-refractivity contribution < 1.29 is 17.9 Å². The molecule has 0 radical (unpaired) electrons. The van der Waals surface area contributed by atoms with Gasteiger partial charge in [0.25, 0.3) is 0 Å². The van der Waals surface area contributed by atoms with E-state index in [1.54, 1.807) is 38.3 Å². The Bertz CT molecular complexity index is 923. The third-order valence-electron chi connectivity index (χ3n) is 4.53. The number of sulfonamides is 1. The van der Waals surface area contributed by atoms with Crippen LogP contribution in [-0.2, 0) is 14.8 Å². The number of benzene rings is 2. The Morgan fingerprint density at radius 2 is 1.81 bits per heavy atom. The van der Waals surface area contributed by atoms with Gasteiger partial charge in [0.1, 0.15) is 11.8 Å². The maximum absolute atomic E-state index is 13.2. The molecule has 0 saturated carbocycles.